The second kappa shape index (κ2) is 8.93. The van der Waals surface area contributed by atoms with Crippen LogP contribution in [0.1, 0.15) is 24.2 Å². The molecule has 0 spiro atoms. The zero-order chi connectivity index (χ0) is 23.6. The largest absolute Gasteiger partial charge is 0.482 e. The van der Waals surface area contributed by atoms with Gasteiger partial charge >= 0.3 is 0 Å². The third-order valence-electron chi connectivity index (χ3n) is 5.01. The van der Waals surface area contributed by atoms with E-state index in [2.05, 4.69) is 16.4 Å². The fourth-order valence-corrected chi connectivity index (χ4v) is 3.38. The first-order chi connectivity index (χ1) is 15.2. The summed E-state index contributed by atoms with van der Waals surface area (Å²) in [5.41, 5.74) is 7.96. The summed E-state index contributed by atoms with van der Waals surface area (Å²) in [7, 11) is 6.84. The molecule has 2 aromatic rings. The lowest BCUT2D eigenvalue weighted by Gasteiger charge is -2.29. The molecule has 1 aromatic carbocycles. The molecule has 0 fully saturated rings. The van der Waals surface area contributed by atoms with Gasteiger partial charge in [0.2, 0.25) is 5.96 Å². The van der Waals surface area contributed by atoms with Crippen LogP contribution < -0.4 is 15.8 Å². The molecule has 0 amide bonds. The van der Waals surface area contributed by atoms with Gasteiger partial charge in [0.05, 0.1) is 11.3 Å². The van der Waals surface area contributed by atoms with Crippen LogP contribution in [-0.2, 0) is 0 Å². The number of nitriles is 1. The number of likely N-dealkylation sites (N-methyl/N-ethyl adjacent to an activating group) is 1. The maximum absolute atomic E-state index is 14.1. The van der Waals surface area contributed by atoms with E-state index in [0.29, 0.717) is 28.3 Å². The fraction of sp³-hybridized carbons (Fsp3) is 0.273. The number of aliphatic imine (C=N–C) groups is 1. The predicted octanol–water partition coefficient (Wildman–Crippen LogP) is 2.87. The molecule has 1 unspecified atom stereocenters. The van der Waals surface area contributed by atoms with Gasteiger partial charge in [0, 0.05) is 45.5 Å². The predicted molar refractivity (Wildman–Crippen MR) is 122 cm³/mol. The molecule has 2 bridgehead atoms. The Hall–Kier alpha value is -4.13. The van der Waals surface area contributed by atoms with Crippen LogP contribution in [0.25, 0.3) is 5.57 Å². The van der Waals surface area contributed by atoms with Crippen LogP contribution in [0.3, 0.4) is 0 Å². The van der Waals surface area contributed by atoms with Crippen LogP contribution in [0.2, 0.25) is 0 Å². The number of rotatable bonds is 1. The number of nitrogens with zero attached hydrogens (tertiary/aromatic N) is 5. The highest BCUT2D eigenvalue weighted by Gasteiger charge is 2.26. The van der Waals surface area contributed by atoms with Crippen LogP contribution in [-0.4, -0.2) is 54.8 Å². The summed E-state index contributed by atoms with van der Waals surface area (Å²) < 4.78 is 20.1. The molecule has 9 nitrogen and oxygen atoms in total. The molecule has 32 heavy (non-hydrogen) atoms. The molecule has 3 rings (SSSR count). The van der Waals surface area contributed by atoms with Gasteiger partial charge in [-0.1, -0.05) is 0 Å². The van der Waals surface area contributed by atoms with Crippen molar-refractivity contribution in [2.45, 2.75) is 13.0 Å². The lowest BCUT2D eigenvalue weighted by Crippen LogP contribution is -2.42. The minimum absolute atomic E-state index is 0.00171. The maximum atomic E-state index is 14.1. The monoisotopic (exact) mass is 436 g/mol. The standard InChI is InChI=1S/C22H25FN8O/c1-12-15-9-14(23)6-7-16(15)29-22(30(3)4)31(5)21(26)19(17(10-24)27-2)13-8-18(32-12)20(25)28-11-13/h6-9,11-12,26-27H,1-5H3,(H2,25,28)/b19-17-,26-21?,29-22?. The van der Waals surface area contributed by atoms with Crippen molar-refractivity contribution in [2.24, 2.45) is 4.99 Å². The Morgan fingerprint density at radius 3 is 2.72 bits per heavy atom. The lowest BCUT2D eigenvalue weighted by molar-refractivity contribution is 0.227. The number of ether oxygens (including phenoxy) is 1. The Labute approximate surface area is 186 Å². The third kappa shape index (κ3) is 4.18. The first-order valence-electron chi connectivity index (χ1n) is 9.80. The van der Waals surface area contributed by atoms with Crippen LogP contribution in [0.4, 0.5) is 15.9 Å². The van der Waals surface area contributed by atoms with E-state index in [-0.39, 0.29) is 23.1 Å². The van der Waals surface area contributed by atoms with Crippen LogP contribution in [0.5, 0.6) is 5.75 Å². The minimum Gasteiger partial charge on any atom is -0.482 e. The molecule has 1 aromatic heterocycles. The van der Waals surface area contributed by atoms with E-state index in [9.17, 15) is 9.65 Å². The minimum atomic E-state index is -0.608. The number of allylic oxidation sites excluding steroid dienone is 1. The number of pyridine rings is 1. The molecule has 0 radical (unpaired) electrons. The zero-order valence-electron chi connectivity index (χ0n) is 18.6. The Balaban J connectivity index is 2.38. The summed E-state index contributed by atoms with van der Waals surface area (Å²) in [5.74, 6) is 0.370. The van der Waals surface area contributed by atoms with Gasteiger partial charge in [-0.2, -0.15) is 5.26 Å². The summed E-state index contributed by atoms with van der Waals surface area (Å²) in [4.78, 5) is 12.2. The zero-order valence-corrected chi connectivity index (χ0v) is 18.6. The molecular weight excluding hydrogens is 411 g/mol. The number of guanidine groups is 1. The van der Waals surface area contributed by atoms with Crippen LogP contribution in [0.15, 0.2) is 41.2 Å². The van der Waals surface area contributed by atoms with E-state index >= 15 is 0 Å². The number of hydrogen-bond acceptors (Lipinski definition) is 8. The molecule has 2 heterocycles. The first-order valence-corrected chi connectivity index (χ1v) is 9.80. The molecule has 1 aliphatic heterocycles. The second-order valence-corrected chi connectivity index (χ2v) is 7.40. The Kier molecular flexibility index (Phi) is 6.30. The number of nitrogen functional groups attached to an aromatic ring is 1. The number of anilines is 1. The van der Waals surface area contributed by atoms with Gasteiger partial charge in [-0.05, 0) is 31.2 Å². The highest BCUT2D eigenvalue weighted by Crippen LogP contribution is 2.35. The van der Waals surface area contributed by atoms with Crippen molar-refractivity contribution in [2.75, 3.05) is 33.9 Å². The Morgan fingerprint density at radius 2 is 2.09 bits per heavy atom. The number of amidine groups is 1. The molecule has 0 aliphatic carbocycles. The average Bonchev–Trinajstić information content (AvgIpc) is 2.76. The normalized spacial score (nSPS) is 17.7. The van der Waals surface area contributed by atoms with Crippen molar-refractivity contribution in [1.29, 1.82) is 10.7 Å². The van der Waals surface area contributed by atoms with Gasteiger partial charge < -0.3 is 20.7 Å². The van der Waals surface area contributed by atoms with Crippen molar-refractivity contribution in [3.05, 3.63) is 53.1 Å². The Bertz CT molecular complexity index is 1170. The van der Waals surface area contributed by atoms with E-state index in [4.69, 9.17) is 20.9 Å². The molecule has 1 atom stereocenters. The third-order valence-corrected chi connectivity index (χ3v) is 5.01. The van der Waals surface area contributed by atoms with Gasteiger partial charge in [-0.15, -0.1) is 0 Å². The van der Waals surface area contributed by atoms with E-state index in [1.165, 1.54) is 18.3 Å². The summed E-state index contributed by atoms with van der Waals surface area (Å²) >= 11 is 0. The smallest absolute Gasteiger partial charge is 0.206 e. The Morgan fingerprint density at radius 1 is 1.38 bits per heavy atom. The van der Waals surface area contributed by atoms with Crippen LogP contribution in [0, 0.1) is 22.6 Å². The fourth-order valence-electron chi connectivity index (χ4n) is 3.38. The van der Waals surface area contributed by atoms with Gasteiger partial charge in [0.25, 0.3) is 0 Å². The van der Waals surface area contributed by atoms with Gasteiger partial charge in [-0.3, -0.25) is 10.3 Å². The average molecular weight is 436 g/mol. The van der Waals surface area contributed by atoms with Gasteiger partial charge in [0.1, 0.15) is 29.5 Å². The van der Waals surface area contributed by atoms with Gasteiger partial charge in [-0.25, -0.2) is 14.4 Å². The number of aromatic nitrogens is 1. The van der Waals surface area contributed by atoms with Crippen molar-refractivity contribution >= 4 is 28.9 Å². The number of nitrogens with two attached hydrogens (primary N) is 1. The summed E-state index contributed by atoms with van der Waals surface area (Å²) in [6, 6.07) is 7.95. The van der Waals surface area contributed by atoms with E-state index in [1.807, 2.05) is 0 Å². The quantitative estimate of drug-likeness (QED) is 0.587. The van der Waals surface area contributed by atoms with Crippen molar-refractivity contribution < 1.29 is 9.13 Å². The number of benzene rings is 1. The SMILES string of the molecule is CN/C(C#N)=C1\C(=N)N(C)C(N(C)C)=Nc2ccc(F)cc2C(C)Oc2cc1cnc2N. The molecular formula is C22H25FN8O. The highest BCUT2D eigenvalue weighted by atomic mass is 19.1. The topological polar surface area (TPSA) is 127 Å². The number of nitrogens with one attached hydrogen (secondary N) is 2. The van der Waals surface area contributed by atoms with E-state index in [1.54, 1.807) is 57.0 Å². The van der Waals surface area contributed by atoms with Crippen molar-refractivity contribution in [1.82, 2.24) is 20.1 Å². The molecule has 166 valence electrons. The number of halogens is 1. The summed E-state index contributed by atoms with van der Waals surface area (Å²) in [5, 5.41) is 21.4. The van der Waals surface area contributed by atoms with E-state index < -0.39 is 11.9 Å². The molecule has 0 saturated heterocycles. The summed E-state index contributed by atoms with van der Waals surface area (Å²) in [6.45, 7) is 1.76. The molecule has 1 aliphatic rings. The summed E-state index contributed by atoms with van der Waals surface area (Å²) in [6.07, 6.45) is 0.869. The highest BCUT2D eigenvalue weighted by molar-refractivity contribution is 6.26. The lowest BCUT2D eigenvalue weighted by atomic mass is 10.0. The first kappa shape index (κ1) is 22.6. The van der Waals surface area contributed by atoms with Crippen molar-refractivity contribution in [3.8, 4) is 11.8 Å². The maximum Gasteiger partial charge on any atom is 0.206 e. The number of fused-ring (bicyclic) bond motifs is 3. The molecule has 10 heteroatoms. The molecule has 4 N–H and O–H groups in total. The van der Waals surface area contributed by atoms with Crippen LogP contribution >= 0.6 is 0 Å². The number of hydrogen-bond donors (Lipinski definition) is 3. The van der Waals surface area contributed by atoms with Crippen molar-refractivity contribution in [3.63, 3.8) is 0 Å². The molecule has 0 saturated carbocycles. The van der Waals surface area contributed by atoms with E-state index in [0.717, 1.165) is 0 Å². The second-order valence-electron chi connectivity index (χ2n) is 7.40. The van der Waals surface area contributed by atoms with Gasteiger partial charge in [0.15, 0.2) is 11.6 Å².